The topological polar surface area (TPSA) is 154 Å². The maximum absolute atomic E-state index is 12.4. The minimum absolute atomic E-state index is 0.0572. The molecule has 44 heavy (non-hydrogen) atoms. The van der Waals surface area contributed by atoms with Crippen molar-refractivity contribution in [2.24, 2.45) is 10.9 Å². The number of carboxylic acid groups (broad SMARTS) is 1. The smallest absolute Gasteiger partial charge is 0.305 e. The van der Waals surface area contributed by atoms with Crippen molar-refractivity contribution in [1.29, 1.82) is 0 Å². The van der Waals surface area contributed by atoms with Crippen molar-refractivity contribution in [1.82, 2.24) is 15.3 Å². The number of nitrogens with zero attached hydrogens (tertiary/aromatic N) is 1. The number of nitrogens with one attached hydrogen (secondary N) is 3. The third-order valence-corrected chi connectivity index (χ3v) is 8.72. The SMILES string of the molecule is C=CC1=C(C)C(Cc2[nH]c(/C=c3/[nH]c(=CC4=NC(=O)C(C)/C4=C\C)c(C)c3CCC(=O)O)c(CCC(=O)OC)c2C)NC1=O. The van der Waals surface area contributed by atoms with Crippen molar-refractivity contribution in [3.63, 3.8) is 0 Å². The minimum Gasteiger partial charge on any atom is -0.481 e. The monoisotopic (exact) mass is 600 g/mol. The number of amides is 2. The molecule has 0 aliphatic carbocycles. The van der Waals surface area contributed by atoms with E-state index in [1.165, 1.54) is 7.11 Å². The molecule has 4 N–H and O–H groups in total. The molecule has 0 bridgehead atoms. The predicted molar refractivity (Wildman–Crippen MR) is 169 cm³/mol. The van der Waals surface area contributed by atoms with E-state index in [4.69, 9.17) is 4.74 Å². The molecule has 0 saturated heterocycles. The van der Waals surface area contributed by atoms with E-state index >= 15 is 0 Å². The van der Waals surface area contributed by atoms with Crippen LogP contribution in [0.2, 0.25) is 0 Å². The summed E-state index contributed by atoms with van der Waals surface area (Å²) >= 11 is 0. The lowest BCUT2D eigenvalue weighted by Crippen LogP contribution is -2.30. The fraction of sp³-hybridized carbons (Fsp3) is 0.382. The number of aliphatic imine (C=N–C) groups is 1. The van der Waals surface area contributed by atoms with E-state index in [2.05, 4.69) is 26.9 Å². The van der Waals surface area contributed by atoms with Gasteiger partial charge in [-0.15, -0.1) is 0 Å². The zero-order valence-corrected chi connectivity index (χ0v) is 26.1. The summed E-state index contributed by atoms with van der Waals surface area (Å²) in [5.74, 6) is -1.90. The van der Waals surface area contributed by atoms with Gasteiger partial charge in [-0.2, -0.15) is 0 Å². The second-order valence-electron chi connectivity index (χ2n) is 11.3. The first kappa shape index (κ1) is 32.2. The molecule has 2 aliphatic heterocycles. The van der Waals surface area contributed by atoms with Crippen molar-refractivity contribution >= 4 is 41.6 Å². The Labute approximate surface area is 256 Å². The van der Waals surface area contributed by atoms with Crippen LogP contribution in [0.5, 0.6) is 0 Å². The van der Waals surface area contributed by atoms with Crippen LogP contribution in [0, 0.1) is 19.8 Å². The molecule has 2 aromatic rings. The second-order valence-corrected chi connectivity index (χ2v) is 11.3. The van der Waals surface area contributed by atoms with Crippen LogP contribution in [0.4, 0.5) is 0 Å². The minimum atomic E-state index is -0.907. The molecule has 0 saturated carbocycles. The molecule has 2 atom stereocenters. The summed E-state index contributed by atoms with van der Waals surface area (Å²) in [5.41, 5.74) is 8.23. The number of aliphatic carboxylic acids is 1. The number of hydrogen-bond acceptors (Lipinski definition) is 5. The number of rotatable bonds is 11. The van der Waals surface area contributed by atoms with Gasteiger partial charge in [0.1, 0.15) is 0 Å². The molecule has 10 heteroatoms. The molecule has 2 amide bonds. The number of esters is 1. The molecule has 0 fully saturated rings. The van der Waals surface area contributed by atoms with Crippen LogP contribution >= 0.6 is 0 Å². The number of carbonyl (C=O) groups excluding carboxylic acids is 3. The second kappa shape index (κ2) is 13.3. The lowest BCUT2D eigenvalue weighted by molar-refractivity contribution is -0.140. The Balaban J connectivity index is 1.86. The van der Waals surface area contributed by atoms with Gasteiger partial charge in [0.2, 0.25) is 0 Å². The molecule has 232 valence electrons. The highest BCUT2D eigenvalue weighted by Gasteiger charge is 2.29. The third-order valence-electron chi connectivity index (χ3n) is 8.72. The molecule has 4 heterocycles. The highest BCUT2D eigenvalue weighted by atomic mass is 16.5. The number of aromatic amines is 2. The van der Waals surface area contributed by atoms with Crippen molar-refractivity contribution in [3.05, 3.63) is 79.8 Å². The number of methoxy groups -OCH3 is 1. The maximum atomic E-state index is 12.4. The average molecular weight is 601 g/mol. The standard InChI is InChI=1S/C34H40N4O6/c1-8-21-20(6)33(42)38-28(21)15-26-18(4)23(10-12-31(39)40)29(36-26)16-30-24(11-13-32(41)44-7)19(5)25(35-30)14-27-17(3)22(9-2)34(43)37-27/h8-9,15-16,20,27,35-36H,2,10-14H2,1,3-7H3,(H,37,43)(H,39,40)/b21-8+,26-15?,29-16+. The van der Waals surface area contributed by atoms with E-state index in [-0.39, 0.29) is 42.6 Å². The summed E-state index contributed by atoms with van der Waals surface area (Å²) in [6.45, 7) is 13.3. The highest BCUT2D eigenvalue weighted by Crippen LogP contribution is 2.27. The number of H-pyrrole nitrogens is 2. The molecule has 4 rings (SSSR count). The summed E-state index contributed by atoms with van der Waals surface area (Å²) in [4.78, 5) is 59.6. The molecule has 0 aromatic carbocycles. The van der Waals surface area contributed by atoms with Gasteiger partial charge in [-0.1, -0.05) is 18.7 Å². The van der Waals surface area contributed by atoms with E-state index in [9.17, 15) is 24.3 Å². The van der Waals surface area contributed by atoms with E-state index in [0.29, 0.717) is 30.5 Å². The molecular weight excluding hydrogens is 560 g/mol. The zero-order valence-electron chi connectivity index (χ0n) is 26.1. The fourth-order valence-corrected chi connectivity index (χ4v) is 6.00. The number of aromatic nitrogens is 2. The summed E-state index contributed by atoms with van der Waals surface area (Å²) in [7, 11) is 1.36. The number of allylic oxidation sites excluding steroid dienone is 1. The van der Waals surface area contributed by atoms with E-state index < -0.39 is 5.97 Å². The van der Waals surface area contributed by atoms with Crippen molar-refractivity contribution in [2.75, 3.05) is 7.11 Å². The van der Waals surface area contributed by atoms with Gasteiger partial charge in [0, 0.05) is 46.9 Å². The number of carbonyl (C=O) groups is 4. The number of carboxylic acids is 1. The Morgan fingerprint density at radius 2 is 1.73 bits per heavy atom. The van der Waals surface area contributed by atoms with E-state index in [1.807, 2.05) is 52.8 Å². The van der Waals surface area contributed by atoms with Gasteiger partial charge in [0.15, 0.2) is 0 Å². The van der Waals surface area contributed by atoms with Gasteiger partial charge in [-0.25, -0.2) is 4.99 Å². The molecule has 2 aliphatic rings. The Kier molecular flexibility index (Phi) is 9.71. The highest BCUT2D eigenvalue weighted by molar-refractivity contribution is 6.29. The van der Waals surface area contributed by atoms with Crippen molar-refractivity contribution in [3.8, 4) is 0 Å². The summed E-state index contributed by atoms with van der Waals surface area (Å²) in [6, 6.07) is -0.202. The van der Waals surface area contributed by atoms with Gasteiger partial charge in [0.05, 0.1) is 24.8 Å². The molecule has 10 nitrogen and oxygen atoms in total. The fourth-order valence-electron chi connectivity index (χ4n) is 6.00. The van der Waals surface area contributed by atoms with Crippen LogP contribution in [0.3, 0.4) is 0 Å². The Morgan fingerprint density at radius 3 is 2.34 bits per heavy atom. The summed E-state index contributed by atoms with van der Waals surface area (Å²) < 4.78 is 4.90. The van der Waals surface area contributed by atoms with Crippen LogP contribution < -0.4 is 16.0 Å². The zero-order chi connectivity index (χ0) is 32.3. The first-order valence-electron chi connectivity index (χ1n) is 14.7. The van der Waals surface area contributed by atoms with Crippen molar-refractivity contribution in [2.45, 2.75) is 72.8 Å². The maximum Gasteiger partial charge on any atom is 0.305 e. The van der Waals surface area contributed by atoms with E-state index in [1.54, 1.807) is 6.08 Å². The molecular formula is C34H40N4O6. The Bertz CT molecular complexity index is 1760. The van der Waals surface area contributed by atoms with Crippen molar-refractivity contribution < 1.29 is 29.0 Å². The summed E-state index contributed by atoms with van der Waals surface area (Å²) in [5, 5.41) is 13.9. The normalized spacial score (nSPS) is 20.1. The number of hydrogen-bond donors (Lipinski definition) is 4. The largest absolute Gasteiger partial charge is 0.481 e. The Hall–Kier alpha value is -4.73. The lowest BCUT2D eigenvalue weighted by Gasteiger charge is -2.12. The van der Waals surface area contributed by atoms with Gasteiger partial charge >= 0.3 is 11.9 Å². The first-order valence-corrected chi connectivity index (χ1v) is 14.7. The third kappa shape index (κ3) is 6.44. The van der Waals surface area contributed by atoms with Crippen LogP contribution in [0.25, 0.3) is 12.2 Å². The van der Waals surface area contributed by atoms with Gasteiger partial charge in [0.25, 0.3) is 11.8 Å². The lowest BCUT2D eigenvalue weighted by atomic mass is 9.98. The number of ether oxygens (including phenoxy) is 1. The average Bonchev–Trinajstić information content (AvgIpc) is 3.63. The summed E-state index contributed by atoms with van der Waals surface area (Å²) in [6.07, 6.45) is 8.61. The quantitative estimate of drug-likeness (QED) is 0.291. The van der Waals surface area contributed by atoms with Gasteiger partial charge in [-0.3, -0.25) is 19.2 Å². The molecule has 2 aromatic heterocycles. The Morgan fingerprint density at radius 1 is 1.02 bits per heavy atom. The van der Waals surface area contributed by atoms with Gasteiger partial charge < -0.3 is 25.1 Å². The van der Waals surface area contributed by atoms with Gasteiger partial charge in [-0.05, 0) is 93.0 Å². The van der Waals surface area contributed by atoms with Crippen LogP contribution in [0.15, 0.2) is 40.4 Å². The molecule has 0 spiro atoms. The van der Waals surface area contributed by atoms with Crippen LogP contribution in [-0.4, -0.2) is 57.7 Å². The molecule has 2 unspecified atom stereocenters. The van der Waals surface area contributed by atoms with Crippen LogP contribution in [0.1, 0.15) is 67.3 Å². The van der Waals surface area contributed by atoms with Crippen LogP contribution in [-0.2, 0) is 43.2 Å². The molecule has 0 radical (unpaired) electrons. The predicted octanol–water partition coefficient (Wildman–Crippen LogP) is 2.80. The van der Waals surface area contributed by atoms with E-state index in [0.717, 1.165) is 55.5 Å². The first-order chi connectivity index (χ1) is 20.9.